The monoisotopic (exact) mass is 1090 g/mol. The molecule has 0 saturated carbocycles. The lowest BCUT2D eigenvalue weighted by Gasteiger charge is -2.47. The first-order valence-corrected chi connectivity index (χ1v) is 26.4. The van der Waals surface area contributed by atoms with Crippen LogP contribution in [-0.2, 0) is 52.3 Å². The van der Waals surface area contributed by atoms with Gasteiger partial charge in [0, 0.05) is 68.8 Å². The summed E-state index contributed by atoms with van der Waals surface area (Å²) in [4.78, 5) is 41.3. The minimum atomic E-state index is -1.59. The van der Waals surface area contributed by atoms with Crippen molar-refractivity contribution >= 4 is 17.7 Å². The summed E-state index contributed by atoms with van der Waals surface area (Å²) < 4.78 is 46.5. The van der Waals surface area contributed by atoms with Gasteiger partial charge in [0.15, 0.2) is 25.2 Å². The number of rotatable bonds is 21. The van der Waals surface area contributed by atoms with Gasteiger partial charge in [-0.15, -0.1) is 6.58 Å². The van der Waals surface area contributed by atoms with Crippen LogP contribution in [0.3, 0.4) is 0 Å². The Morgan fingerprint density at radius 1 is 0.474 bits per heavy atom. The van der Waals surface area contributed by atoms with Gasteiger partial charge in [-0.05, 0) is 51.9 Å². The van der Waals surface area contributed by atoms with Crippen molar-refractivity contribution in [2.24, 2.45) is 11.8 Å². The quantitative estimate of drug-likeness (QED) is 0.0388. The molecule has 0 aromatic carbocycles. The molecule has 0 spiro atoms. The van der Waals surface area contributed by atoms with Crippen LogP contribution in [0.2, 0.25) is 0 Å². The van der Waals surface area contributed by atoms with Crippen molar-refractivity contribution in [2.75, 3.05) is 52.9 Å². The third-order valence-corrected chi connectivity index (χ3v) is 14.8. The molecule has 12 fully saturated rings. The van der Waals surface area contributed by atoms with Crippen LogP contribution >= 0.6 is 0 Å². The maximum Gasteiger partial charge on any atom is 0.225 e. The van der Waals surface area contributed by atoms with E-state index in [2.05, 4.69) is 41.0 Å². The van der Waals surface area contributed by atoms with E-state index in [0.29, 0.717) is 56.3 Å². The zero-order valence-electron chi connectivity index (χ0n) is 43.2. The van der Waals surface area contributed by atoms with Crippen molar-refractivity contribution in [1.29, 1.82) is 0 Å². The molecular formula is C50H83N5O21. The number of carbonyl (C=O) groups excluding carboxylic acids is 3. The van der Waals surface area contributed by atoms with E-state index < -0.39 is 136 Å². The molecule has 0 aromatic rings. The number of aliphatic hydroxyl groups is 10. The molecule has 12 rings (SSSR count). The smallest absolute Gasteiger partial charge is 0.225 e. The number of hydrogen-bond acceptors (Lipinski definition) is 23. The van der Waals surface area contributed by atoms with Gasteiger partial charge in [0.1, 0.15) is 61.0 Å². The van der Waals surface area contributed by atoms with E-state index >= 15 is 0 Å². The third-order valence-electron chi connectivity index (χ3n) is 14.8. The molecule has 3 amide bonds. The highest BCUT2D eigenvalue weighted by Gasteiger charge is 2.53. The molecule has 0 aromatic heterocycles. The fourth-order valence-electron chi connectivity index (χ4n) is 10.1. The molecule has 8 bridgehead atoms. The molecule has 26 heteroatoms. The number of aliphatic hydroxyl groups excluding tert-OH is 10. The highest BCUT2D eigenvalue weighted by Crippen LogP contribution is 2.36. The predicted octanol–water partition coefficient (Wildman–Crippen LogP) is -3.74. The predicted molar refractivity (Wildman–Crippen MR) is 263 cm³/mol. The summed E-state index contributed by atoms with van der Waals surface area (Å²) in [5.41, 5.74) is 1.70. The van der Waals surface area contributed by atoms with Gasteiger partial charge in [0.25, 0.3) is 0 Å². The first-order valence-electron chi connectivity index (χ1n) is 26.4. The van der Waals surface area contributed by atoms with Gasteiger partial charge in [0.2, 0.25) is 17.7 Å². The lowest BCUT2D eigenvalue weighted by molar-refractivity contribution is -0.355. The molecule has 12 aliphatic heterocycles. The largest absolute Gasteiger partial charge is 0.394 e. The van der Waals surface area contributed by atoms with Crippen LogP contribution in [0.1, 0.15) is 84.0 Å². The summed E-state index contributed by atoms with van der Waals surface area (Å²) >= 11 is 0. The van der Waals surface area contributed by atoms with E-state index in [4.69, 9.17) is 37.9 Å². The molecule has 20 atom stereocenters. The van der Waals surface area contributed by atoms with Gasteiger partial charge >= 0.3 is 0 Å². The number of nitrogens with one attached hydrogen (secondary N) is 4. The van der Waals surface area contributed by atoms with Crippen LogP contribution in [0.4, 0.5) is 0 Å². The maximum atomic E-state index is 13.4. The van der Waals surface area contributed by atoms with Crippen LogP contribution in [-0.4, -0.2) is 237 Å². The number of allylic oxidation sites excluding steroid dienone is 3. The molecule has 20 unspecified atom stereocenters. The number of ether oxygens (including phenoxy) is 8. The van der Waals surface area contributed by atoms with Crippen LogP contribution < -0.4 is 21.3 Å². The van der Waals surface area contributed by atoms with Crippen molar-refractivity contribution in [3.05, 3.63) is 36.7 Å². The van der Waals surface area contributed by atoms with Gasteiger partial charge < -0.3 is 115 Å². The van der Waals surface area contributed by atoms with Gasteiger partial charge in [-0.2, -0.15) is 0 Å². The topological polar surface area (TPSA) is 379 Å². The van der Waals surface area contributed by atoms with Crippen LogP contribution in [0.25, 0.3) is 0 Å². The molecule has 26 nitrogen and oxygen atoms in total. The molecule has 76 heavy (non-hydrogen) atoms. The highest BCUT2D eigenvalue weighted by atomic mass is 16.8. The Labute approximate surface area is 442 Å². The van der Waals surface area contributed by atoms with E-state index in [-0.39, 0.29) is 89.5 Å². The van der Waals surface area contributed by atoms with Crippen molar-refractivity contribution in [2.45, 2.75) is 195 Å². The Morgan fingerprint density at radius 2 is 0.868 bits per heavy atom. The standard InChI is InChI=1S/C50H83N5O21/c1-25(2)11-16-36(60)55(23-53-26(3)12-14-34(58)51-19-30-28-9-5-7-17-69-47-43(67)39(63)45(32(21-56)73-47)75-49(71-30)41(65)37(28)61)24-54-27(4)13-15-35(59)52-20-31-29-10-6-8-18-70-48-44(68)40(64)46(33(22-57)74-48)76-50(72-31)42(66)38(29)62/h28-33,37-50,53-54,56-57,61-68H,1,3-24H2,2H3,(H,51,58)(H,52,59). The fourth-order valence-corrected chi connectivity index (χ4v) is 10.1. The summed E-state index contributed by atoms with van der Waals surface area (Å²) in [6.45, 7) is 12.6. The summed E-state index contributed by atoms with van der Waals surface area (Å²) in [7, 11) is 0. The zero-order chi connectivity index (χ0) is 55.2. The first kappa shape index (κ1) is 61.7. The van der Waals surface area contributed by atoms with Crippen molar-refractivity contribution in [3.63, 3.8) is 0 Å². The van der Waals surface area contributed by atoms with E-state index in [1.54, 1.807) is 0 Å². The van der Waals surface area contributed by atoms with Gasteiger partial charge in [-0.25, -0.2) is 0 Å². The number of carbonyl (C=O) groups is 3. The zero-order valence-corrected chi connectivity index (χ0v) is 43.2. The lowest BCUT2D eigenvalue weighted by atomic mass is 9.84. The molecule has 0 aliphatic carbocycles. The van der Waals surface area contributed by atoms with Gasteiger partial charge in [0.05, 0.1) is 51.0 Å². The molecular weight excluding hydrogens is 1010 g/mol. The van der Waals surface area contributed by atoms with Crippen LogP contribution in [0, 0.1) is 11.8 Å². The molecule has 12 heterocycles. The molecule has 434 valence electrons. The highest BCUT2D eigenvalue weighted by molar-refractivity contribution is 5.77. The number of nitrogens with zero attached hydrogens (tertiary/aromatic N) is 1. The molecule has 12 saturated heterocycles. The molecule has 0 radical (unpaired) electrons. The summed E-state index contributed by atoms with van der Waals surface area (Å²) in [5.74, 6) is -2.25. The normalized spacial score (nSPS) is 38.0. The SMILES string of the molecule is C=C(C)CCC(=O)N(CNC(=C)CCC(=O)NCC1OC2OC3C(CO)OC(OCCCCC1C(O)C2O)C(O)C3O)CNC(=C)CCC(=O)NCC1OC2OC3C(CO)OC(OCCCCC1C(O)C2O)C(O)C3O. The number of amides is 3. The summed E-state index contributed by atoms with van der Waals surface area (Å²) in [5, 5.41) is 119. The second kappa shape index (κ2) is 29.6. The summed E-state index contributed by atoms with van der Waals surface area (Å²) in [6.07, 6.45) is -20.7. The number of hydrogen-bond donors (Lipinski definition) is 14. The van der Waals surface area contributed by atoms with Crippen molar-refractivity contribution < 1.29 is 103 Å². The van der Waals surface area contributed by atoms with E-state index in [1.165, 1.54) is 4.90 Å². The fraction of sp³-hybridized carbons (Fsp3) is 0.820. The second-order valence-corrected chi connectivity index (χ2v) is 20.6. The van der Waals surface area contributed by atoms with E-state index in [0.717, 1.165) is 5.57 Å². The van der Waals surface area contributed by atoms with Crippen molar-refractivity contribution in [1.82, 2.24) is 26.2 Å². The average Bonchev–Trinajstić information content (AvgIpc) is 3.41. The first-order chi connectivity index (χ1) is 36.3. The van der Waals surface area contributed by atoms with Crippen LogP contribution in [0.5, 0.6) is 0 Å². The maximum absolute atomic E-state index is 13.4. The molecule has 14 N–H and O–H groups in total. The Kier molecular flexibility index (Phi) is 24.1. The van der Waals surface area contributed by atoms with Crippen molar-refractivity contribution in [3.8, 4) is 0 Å². The molecule has 12 aliphatic rings. The van der Waals surface area contributed by atoms with Gasteiger partial charge in [-0.3, -0.25) is 14.4 Å². The van der Waals surface area contributed by atoms with Gasteiger partial charge in [-0.1, -0.05) is 31.6 Å². The van der Waals surface area contributed by atoms with E-state index in [1.807, 2.05) is 6.92 Å². The Balaban J connectivity index is 0.957. The average molecular weight is 1090 g/mol. The minimum absolute atomic E-state index is 0.00531. The Bertz CT molecular complexity index is 1790. The van der Waals surface area contributed by atoms with E-state index in [9.17, 15) is 65.4 Å². The Morgan fingerprint density at radius 3 is 1.26 bits per heavy atom. The minimum Gasteiger partial charge on any atom is -0.394 e. The second-order valence-electron chi connectivity index (χ2n) is 20.6. The third kappa shape index (κ3) is 16.5. The van der Waals surface area contributed by atoms with Crippen LogP contribution in [0.15, 0.2) is 36.7 Å². The lowest BCUT2D eigenvalue weighted by Crippen LogP contribution is -2.64. The Hall–Kier alpha value is -3.49. The summed E-state index contributed by atoms with van der Waals surface area (Å²) in [6, 6.07) is 0.